The van der Waals surface area contributed by atoms with Gasteiger partial charge in [0.25, 0.3) is 5.91 Å². The zero-order chi connectivity index (χ0) is 18.5. The Kier molecular flexibility index (Phi) is 5.08. The number of ether oxygens (including phenoxy) is 1. The quantitative estimate of drug-likeness (QED) is 0.562. The van der Waals surface area contributed by atoms with E-state index < -0.39 is 18.5 Å². The van der Waals surface area contributed by atoms with Crippen molar-refractivity contribution >= 4 is 34.1 Å². The van der Waals surface area contributed by atoms with E-state index >= 15 is 0 Å². The number of nitrogens with one attached hydrogen (secondary N) is 1. The van der Waals surface area contributed by atoms with Gasteiger partial charge in [-0.2, -0.15) is 0 Å². The van der Waals surface area contributed by atoms with Crippen LogP contribution in [0.1, 0.15) is 27.6 Å². The maximum absolute atomic E-state index is 12.2. The predicted octanol–water partition coefficient (Wildman–Crippen LogP) is 3.84. The smallest absolute Gasteiger partial charge is 0.338 e. The molecule has 3 aromatic rings. The third-order valence-electron chi connectivity index (χ3n) is 3.90. The van der Waals surface area contributed by atoms with Crippen molar-refractivity contribution in [3.8, 4) is 0 Å². The third-order valence-corrected chi connectivity index (χ3v) is 3.90. The number of carbonyl (C=O) groups is 3. The molecule has 3 aromatic carbocycles. The summed E-state index contributed by atoms with van der Waals surface area (Å²) in [6.07, 6.45) is 0. The third kappa shape index (κ3) is 3.95. The van der Waals surface area contributed by atoms with Gasteiger partial charge in [-0.25, -0.2) is 4.79 Å². The first-order valence-electron chi connectivity index (χ1n) is 8.10. The molecule has 0 bridgehead atoms. The van der Waals surface area contributed by atoms with Gasteiger partial charge in [-0.15, -0.1) is 0 Å². The van der Waals surface area contributed by atoms with Gasteiger partial charge in [0, 0.05) is 5.56 Å². The van der Waals surface area contributed by atoms with Crippen molar-refractivity contribution in [1.29, 1.82) is 0 Å². The minimum atomic E-state index is -0.578. The Morgan fingerprint density at radius 1 is 0.885 bits per heavy atom. The van der Waals surface area contributed by atoms with Gasteiger partial charge in [0.1, 0.15) is 0 Å². The van der Waals surface area contributed by atoms with E-state index in [2.05, 4.69) is 5.32 Å². The van der Waals surface area contributed by atoms with Crippen LogP contribution in [0, 0.1) is 0 Å². The maximum atomic E-state index is 12.2. The van der Waals surface area contributed by atoms with Crippen molar-refractivity contribution in [2.24, 2.45) is 0 Å². The average Bonchev–Trinajstić information content (AvgIpc) is 2.66. The summed E-state index contributed by atoms with van der Waals surface area (Å²) in [7, 11) is 0. The topological polar surface area (TPSA) is 72.5 Å². The molecule has 0 aliphatic heterocycles. The van der Waals surface area contributed by atoms with Crippen LogP contribution in [0.25, 0.3) is 10.8 Å². The number of para-hydroxylation sites is 1. The first-order valence-corrected chi connectivity index (χ1v) is 8.10. The van der Waals surface area contributed by atoms with E-state index in [4.69, 9.17) is 4.74 Å². The molecular formula is C21H17NO4. The zero-order valence-corrected chi connectivity index (χ0v) is 14.2. The lowest BCUT2D eigenvalue weighted by molar-refractivity contribution is -0.119. The van der Waals surface area contributed by atoms with Crippen molar-refractivity contribution in [3.63, 3.8) is 0 Å². The molecule has 130 valence electrons. The molecule has 0 radical (unpaired) electrons. The normalized spacial score (nSPS) is 10.3. The van der Waals surface area contributed by atoms with Crippen LogP contribution in [0.15, 0.2) is 66.7 Å². The standard InChI is InChI=1S/C21H17NO4/c1-14(23)18-8-4-5-9-19(18)22-20(24)13-26-21(25)17-11-10-15-6-2-3-7-16(15)12-17/h2-12H,13H2,1H3,(H,22,24). The summed E-state index contributed by atoms with van der Waals surface area (Å²) >= 11 is 0. The highest BCUT2D eigenvalue weighted by atomic mass is 16.5. The number of ketones is 1. The second-order valence-corrected chi connectivity index (χ2v) is 5.79. The molecule has 0 aromatic heterocycles. The van der Waals surface area contributed by atoms with Crippen molar-refractivity contribution in [2.45, 2.75) is 6.92 Å². The second kappa shape index (κ2) is 7.61. The number of hydrogen-bond acceptors (Lipinski definition) is 4. The highest BCUT2D eigenvalue weighted by Gasteiger charge is 2.13. The van der Waals surface area contributed by atoms with E-state index in [0.29, 0.717) is 16.8 Å². The molecule has 0 spiro atoms. The Balaban J connectivity index is 1.63. The number of carbonyl (C=O) groups excluding carboxylic acids is 3. The first kappa shape index (κ1) is 17.4. The number of fused-ring (bicyclic) bond motifs is 1. The summed E-state index contributed by atoms with van der Waals surface area (Å²) < 4.78 is 5.08. The molecule has 0 aliphatic rings. The van der Waals surface area contributed by atoms with Crippen LogP contribution in [-0.4, -0.2) is 24.3 Å². The summed E-state index contributed by atoms with van der Waals surface area (Å²) in [6.45, 7) is 0.989. The minimum Gasteiger partial charge on any atom is -0.452 e. The Morgan fingerprint density at radius 3 is 2.35 bits per heavy atom. The van der Waals surface area contributed by atoms with Gasteiger partial charge in [0.05, 0.1) is 11.3 Å². The molecule has 3 rings (SSSR count). The lowest BCUT2D eigenvalue weighted by Gasteiger charge is -2.09. The molecule has 0 atom stereocenters. The van der Waals surface area contributed by atoms with Gasteiger partial charge in [0.2, 0.25) is 0 Å². The van der Waals surface area contributed by atoms with Gasteiger partial charge in [0.15, 0.2) is 12.4 Å². The lowest BCUT2D eigenvalue weighted by Crippen LogP contribution is -2.22. The number of amides is 1. The van der Waals surface area contributed by atoms with Crippen molar-refractivity contribution in [1.82, 2.24) is 0 Å². The summed E-state index contributed by atoms with van der Waals surface area (Å²) in [6, 6.07) is 19.5. The molecule has 0 heterocycles. The summed E-state index contributed by atoms with van der Waals surface area (Å²) in [5, 5.41) is 4.53. The Morgan fingerprint density at radius 2 is 1.58 bits per heavy atom. The monoisotopic (exact) mass is 347 g/mol. The molecule has 0 fully saturated rings. The van der Waals surface area contributed by atoms with Gasteiger partial charge < -0.3 is 10.1 Å². The summed E-state index contributed by atoms with van der Waals surface area (Å²) in [4.78, 5) is 35.8. The molecule has 1 N–H and O–H groups in total. The Bertz CT molecular complexity index is 994. The first-order chi connectivity index (χ1) is 12.5. The van der Waals surface area contributed by atoms with Crippen LogP contribution in [0.4, 0.5) is 5.69 Å². The Hall–Kier alpha value is -3.47. The molecule has 0 unspecified atom stereocenters. The number of Topliss-reactive ketones (excluding diaryl/α,β-unsaturated/α-hetero) is 1. The van der Waals surface area contributed by atoms with Crippen LogP contribution >= 0.6 is 0 Å². The molecule has 0 saturated carbocycles. The fraction of sp³-hybridized carbons (Fsp3) is 0.0952. The van der Waals surface area contributed by atoms with Crippen LogP contribution < -0.4 is 5.32 Å². The molecule has 26 heavy (non-hydrogen) atoms. The van der Waals surface area contributed by atoms with Gasteiger partial charge >= 0.3 is 5.97 Å². The SMILES string of the molecule is CC(=O)c1ccccc1NC(=O)COC(=O)c1ccc2ccccc2c1. The van der Waals surface area contributed by atoms with Crippen molar-refractivity contribution in [2.75, 3.05) is 11.9 Å². The van der Waals surface area contributed by atoms with E-state index in [9.17, 15) is 14.4 Å². The van der Waals surface area contributed by atoms with Crippen LogP contribution in [-0.2, 0) is 9.53 Å². The van der Waals surface area contributed by atoms with Crippen LogP contribution in [0.5, 0.6) is 0 Å². The van der Waals surface area contributed by atoms with E-state index in [0.717, 1.165) is 10.8 Å². The number of hydrogen-bond donors (Lipinski definition) is 1. The van der Waals surface area contributed by atoms with E-state index in [-0.39, 0.29) is 5.78 Å². The largest absolute Gasteiger partial charge is 0.452 e. The molecule has 5 nitrogen and oxygen atoms in total. The summed E-state index contributed by atoms with van der Waals surface area (Å²) in [5.74, 6) is -1.24. The molecule has 0 saturated heterocycles. The molecule has 0 aliphatic carbocycles. The van der Waals surface area contributed by atoms with Gasteiger partial charge in [-0.05, 0) is 42.0 Å². The molecular weight excluding hydrogens is 330 g/mol. The summed E-state index contributed by atoms with van der Waals surface area (Å²) in [5.41, 5.74) is 1.18. The predicted molar refractivity (Wildman–Crippen MR) is 99.3 cm³/mol. The van der Waals surface area contributed by atoms with Crippen LogP contribution in [0.2, 0.25) is 0 Å². The van der Waals surface area contributed by atoms with Crippen LogP contribution in [0.3, 0.4) is 0 Å². The maximum Gasteiger partial charge on any atom is 0.338 e. The highest BCUT2D eigenvalue weighted by Crippen LogP contribution is 2.17. The number of benzene rings is 3. The van der Waals surface area contributed by atoms with Crippen molar-refractivity contribution in [3.05, 3.63) is 77.9 Å². The van der Waals surface area contributed by atoms with E-state index in [1.165, 1.54) is 6.92 Å². The van der Waals surface area contributed by atoms with Gasteiger partial charge in [-0.3, -0.25) is 9.59 Å². The fourth-order valence-electron chi connectivity index (χ4n) is 2.62. The lowest BCUT2D eigenvalue weighted by atomic mass is 10.1. The van der Waals surface area contributed by atoms with Crippen molar-refractivity contribution < 1.29 is 19.1 Å². The zero-order valence-electron chi connectivity index (χ0n) is 14.2. The van der Waals surface area contributed by atoms with Gasteiger partial charge in [-0.1, -0.05) is 42.5 Å². The minimum absolute atomic E-state index is 0.158. The highest BCUT2D eigenvalue weighted by molar-refractivity contribution is 6.04. The van der Waals surface area contributed by atoms with E-state index in [1.54, 1.807) is 36.4 Å². The molecule has 1 amide bonds. The average molecular weight is 347 g/mol. The van der Waals surface area contributed by atoms with E-state index in [1.807, 2.05) is 30.3 Å². The number of esters is 1. The number of anilines is 1. The Labute approximate surface area is 150 Å². The number of rotatable bonds is 5. The molecule has 5 heteroatoms. The fourth-order valence-corrected chi connectivity index (χ4v) is 2.62. The second-order valence-electron chi connectivity index (χ2n) is 5.79.